The fraction of sp³-hybridized carbons (Fsp3) is 0.348. The number of hydrogen-bond acceptors (Lipinski definition) is 5. The van der Waals surface area contributed by atoms with Crippen molar-refractivity contribution in [1.29, 1.82) is 0 Å². The SMILES string of the molecule is CCn1c(CSCc2ccc(F)cc2)nnc1SCC(=O)Nc1ccc(Br)cc1C(C)C. The zero-order valence-corrected chi connectivity index (χ0v) is 21.5. The highest BCUT2D eigenvalue weighted by molar-refractivity contribution is 9.10. The molecule has 1 heterocycles. The molecule has 0 atom stereocenters. The smallest absolute Gasteiger partial charge is 0.234 e. The lowest BCUT2D eigenvalue weighted by atomic mass is 10.0. The summed E-state index contributed by atoms with van der Waals surface area (Å²) in [7, 11) is 0. The van der Waals surface area contributed by atoms with E-state index in [1.807, 2.05) is 29.7 Å². The topological polar surface area (TPSA) is 59.8 Å². The molecule has 5 nitrogen and oxygen atoms in total. The zero-order chi connectivity index (χ0) is 23.1. The summed E-state index contributed by atoms with van der Waals surface area (Å²) >= 11 is 6.58. The predicted molar refractivity (Wildman–Crippen MR) is 135 cm³/mol. The van der Waals surface area contributed by atoms with Crippen molar-refractivity contribution in [2.24, 2.45) is 0 Å². The highest BCUT2D eigenvalue weighted by atomic mass is 79.9. The van der Waals surface area contributed by atoms with Crippen LogP contribution in [-0.2, 0) is 22.8 Å². The van der Waals surface area contributed by atoms with Crippen LogP contribution in [0, 0.1) is 5.82 Å². The fourth-order valence-electron chi connectivity index (χ4n) is 3.13. The van der Waals surface area contributed by atoms with E-state index in [0.29, 0.717) is 11.7 Å². The third-order valence-corrected chi connectivity index (χ3v) is 7.22. The number of rotatable bonds is 10. The van der Waals surface area contributed by atoms with Gasteiger partial charge in [-0.1, -0.05) is 53.7 Å². The Morgan fingerprint density at radius 2 is 1.91 bits per heavy atom. The minimum absolute atomic E-state index is 0.0721. The van der Waals surface area contributed by atoms with Crippen LogP contribution in [0.2, 0.25) is 0 Å². The Balaban J connectivity index is 1.55. The monoisotopic (exact) mass is 536 g/mol. The van der Waals surface area contributed by atoms with Gasteiger partial charge in [0.2, 0.25) is 5.91 Å². The van der Waals surface area contributed by atoms with Crippen LogP contribution in [0.3, 0.4) is 0 Å². The molecular formula is C23H26BrFN4OS2. The Labute approximate surface area is 205 Å². The van der Waals surface area contributed by atoms with E-state index in [2.05, 4.69) is 45.3 Å². The lowest BCUT2D eigenvalue weighted by Crippen LogP contribution is -2.16. The van der Waals surface area contributed by atoms with Crippen molar-refractivity contribution in [3.63, 3.8) is 0 Å². The molecule has 170 valence electrons. The Hall–Kier alpha value is -1.84. The van der Waals surface area contributed by atoms with E-state index in [1.54, 1.807) is 23.9 Å². The molecule has 1 amide bonds. The third kappa shape index (κ3) is 6.83. The highest BCUT2D eigenvalue weighted by Crippen LogP contribution is 2.28. The number of carbonyl (C=O) groups is 1. The maximum Gasteiger partial charge on any atom is 0.234 e. The molecule has 32 heavy (non-hydrogen) atoms. The maximum atomic E-state index is 13.0. The number of nitrogens with zero attached hydrogens (tertiary/aromatic N) is 3. The molecule has 0 unspecified atom stereocenters. The van der Waals surface area contributed by atoms with Crippen LogP contribution in [0.25, 0.3) is 0 Å². The average molecular weight is 538 g/mol. The van der Waals surface area contributed by atoms with Gasteiger partial charge in [0.15, 0.2) is 5.16 Å². The molecule has 0 bridgehead atoms. The summed E-state index contributed by atoms with van der Waals surface area (Å²) in [5.74, 6) is 2.60. The molecule has 0 aliphatic heterocycles. The van der Waals surface area contributed by atoms with Gasteiger partial charge < -0.3 is 9.88 Å². The first-order chi connectivity index (χ1) is 15.4. The van der Waals surface area contributed by atoms with E-state index in [4.69, 9.17) is 0 Å². The minimum atomic E-state index is -0.226. The summed E-state index contributed by atoms with van der Waals surface area (Å²) in [5, 5.41) is 12.4. The normalized spacial score (nSPS) is 11.2. The van der Waals surface area contributed by atoms with Crippen LogP contribution in [0.15, 0.2) is 52.1 Å². The van der Waals surface area contributed by atoms with Crippen LogP contribution in [-0.4, -0.2) is 26.4 Å². The fourth-order valence-corrected chi connectivity index (χ4v) is 5.26. The van der Waals surface area contributed by atoms with E-state index in [9.17, 15) is 9.18 Å². The summed E-state index contributed by atoms with van der Waals surface area (Å²) in [6.07, 6.45) is 0. The number of thioether (sulfide) groups is 2. The van der Waals surface area contributed by atoms with Gasteiger partial charge in [0.1, 0.15) is 11.6 Å². The summed E-state index contributed by atoms with van der Waals surface area (Å²) in [4.78, 5) is 12.6. The molecule has 3 aromatic rings. The second kappa shape index (κ2) is 11.9. The maximum absolute atomic E-state index is 13.0. The first-order valence-corrected chi connectivity index (χ1v) is 13.3. The zero-order valence-electron chi connectivity index (χ0n) is 18.3. The molecule has 0 aliphatic rings. The van der Waals surface area contributed by atoms with Crippen molar-refractivity contribution < 1.29 is 9.18 Å². The predicted octanol–water partition coefficient (Wildman–Crippen LogP) is 6.49. The van der Waals surface area contributed by atoms with Crippen LogP contribution in [0.5, 0.6) is 0 Å². The van der Waals surface area contributed by atoms with E-state index in [-0.39, 0.29) is 17.5 Å². The summed E-state index contributed by atoms with van der Waals surface area (Å²) in [6, 6.07) is 12.4. The Morgan fingerprint density at radius 3 is 2.59 bits per heavy atom. The van der Waals surface area contributed by atoms with Crippen LogP contribution >= 0.6 is 39.5 Å². The van der Waals surface area contributed by atoms with Gasteiger partial charge in [-0.3, -0.25) is 4.79 Å². The molecule has 0 saturated heterocycles. The number of carbonyl (C=O) groups excluding carboxylic acids is 1. The van der Waals surface area contributed by atoms with Crippen molar-refractivity contribution in [3.05, 3.63) is 69.7 Å². The van der Waals surface area contributed by atoms with E-state index in [1.165, 1.54) is 23.9 Å². The number of anilines is 1. The van der Waals surface area contributed by atoms with E-state index in [0.717, 1.165) is 44.6 Å². The van der Waals surface area contributed by atoms with Crippen molar-refractivity contribution >= 4 is 51.0 Å². The number of aromatic nitrogens is 3. The van der Waals surface area contributed by atoms with Crippen molar-refractivity contribution in [3.8, 4) is 0 Å². The highest BCUT2D eigenvalue weighted by Gasteiger charge is 2.15. The van der Waals surface area contributed by atoms with Gasteiger partial charge in [0.25, 0.3) is 0 Å². The number of halogens is 2. The Morgan fingerprint density at radius 1 is 1.16 bits per heavy atom. The standard InChI is InChI=1S/C23H26BrFN4OS2/c1-4-29-21(13-31-12-16-5-8-18(25)9-6-16)27-28-23(29)32-14-22(30)26-20-10-7-17(24)11-19(20)15(2)3/h5-11,15H,4,12-14H2,1-3H3,(H,26,30). The molecule has 0 aliphatic carbocycles. The van der Waals surface area contributed by atoms with Crippen molar-refractivity contribution in [2.75, 3.05) is 11.1 Å². The molecule has 0 saturated carbocycles. The van der Waals surface area contributed by atoms with Gasteiger partial charge in [-0.25, -0.2) is 4.39 Å². The number of benzene rings is 2. The Kier molecular flexibility index (Phi) is 9.19. The van der Waals surface area contributed by atoms with Crippen LogP contribution in [0.1, 0.15) is 43.6 Å². The van der Waals surface area contributed by atoms with Gasteiger partial charge >= 0.3 is 0 Å². The van der Waals surface area contributed by atoms with Crippen LogP contribution < -0.4 is 5.32 Å². The summed E-state index contributed by atoms with van der Waals surface area (Å²) < 4.78 is 16.1. The molecule has 1 aromatic heterocycles. The summed E-state index contributed by atoms with van der Waals surface area (Å²) in [5.41, 5.74) is 3.00. The quantitative estimate of drug-likeness (QED) is 0.300. The van der Waals surface area contributed by atoms with Gasteiger partial charge in [-0.2, -0.15) is 0 Å². The Bertz CT molecular complexity index is 1060. The first kappa shape index (κ1) is 24.8. The molecule has 0 spiro atoms. The largest absolute Gasteiger partial charge is 0.325 e. The van der Waals surface area contributed by atoms with Gasteiger partial charge in [-0.15, -0.1) is 22.0 Å². The molecule has 0 radical (unpaired) electrons. The number of nitrogens with one attached hydrogen (secondary N) is 1. The van der Waals surface area contributed by atoms with Gasteiger partial charge in [0.05, 0.1) is 11.5 Å². The third-order valence-electron chi connectivity index (χ3n) is 4.76. The average Bonchev–Trinajstić information content (AvgIpc) is 3.16. The van der Waals surface area contributed by atoms with E-state index >= 15 is 0 Å². The van der Waals surface area contributed by atoms with Gasteiger partial charge in [-0.05, 0) is 54.3 Å². The van der Waals surface area contributed by atoms with Crippen molar-refractivity contribution in [2.45, 2.75) is 49.9 Å². The van der Waals surface area contributed by atoms with Crippen LogP contribution in [0.4, 0.5) is 10.1 Å². The number of hydrogen-bond donors (Lipinski definition) is 1. The summed E-state index contributed by atoms with van der Waals surface area (Å²) in [6.45, 7) is 6.98. The molecule has 1 N–H and O–H groups in total. The molecule has 3 rings (SSSR count). The lowest BCUT2D eigenvalue weighted by molar-refractivity contribution is -0.113. The molecule has 2 aromatic carbocycles. The minimum Gasteiger partial charge on any atom is -0.325 e. The first-order valence-electron chi connectivity index (χ1n) is 10.3. The molecule has 9 heteroatoms. The second-order valence-corrected chi connectivity index (χ2v) is 10.3. The molecule has 0 fully saturated rings. The van der Waals surface area contributed by atoms with E-state index < -0.39 is 0 Å². The van der Waals surface area contributed by atoms with Gasteiger partial charge in [0, 0.05) is 22.5 Å². The number of amides is 1. The lowest BCUT2D eigenvalue weighted by Gasteiger charge is -2.14. The van der Waals surface area contributed by atoms with Crippen molar-refractivity contribution in [1.82, 2.24) is 14.8 Å². The second-order valence-electron chi connectivity index (χ2n) is 7.49. The molecular weight excluding hydrogens is 511 g/mol.